The second-order valence-corrected chi connectivity index (χ2v) is 10.9. The number of hydrogen-bond acceptors (Lipinski definition) is 4. The molecule has 0 aliphatic rings. The Kier molecular flexibility index (Phi) is 12.4. The van der Waals surface area contributed by atoms with Gasteiger partial charge in [0.2, 0.25) is 10.0 Å². The number of benzene rings is 2. The van der Waals surface area contributed by atoms with E-state index in [9.17, 15) is 18.3 Å². The second kappa shape index (κ2) is 15.0. The lowest BCUT2D eigenvalue weighted by Crippen LogP contribution is -2.46. The molecule has 0 spiro atoms. The predicted molar refractivity (Wildman–Crippen MR) is 140 cm³/mol. The van der Waals surface area contributed by atoms with Crippen LogP contribution in [0.5, 0.6) is 0 Å². The molecule has 0 fully saturated rings. The number of aryl methyl sites for hydroxylation is 1. The molecule has 2 rings (SSSR count). The molecule has 0 aromatic heterocycles. The van der Waals surface area contributed by atoms with Crippen LogP contribution in [0.2, 0.25) is 0 Å². The van der Waals surface area contributed by atoms with Crippen LogP contribution in [0.15, 0.2) is 59.5 Å². The molecule has 0 amide bonds. The molecule has 194 valence electrons. The molecule has 0 aliphatic heterocycles. The zero-order valence-corrected chi connectivity index (χ0v) is 22.1. The van der Waals surface area contributed by atoms with Gasteiger partial charge in [0.1, 0.15) is 12.1 Å². The van der Waals surface area contributed by atoms with E-state index >= 15 is 0 Å². The number of nitrogens with one attached hydrogen (secondary N) is 1. The average molecular weight is 504 g/mol. The molecule has 0 heterocycles. The number of ether oxygens (including phenoxy) is 1. The van der Waals surface area contributed by atoms with Gasteiger partial charge in [-0.2, -0.15) is 4.72 Å². The minimum absolute atomic E-state index is 0.0262. The third-order valence-electron chi connectivity index (χ3n) is 6.14. The van der Waals surface area contributed by atoms with E-state index in [1.807, 2.05) is 25.1 Å². The van der Waals surface area contributed by atoms with E-state index in [1.54, 1.807) is 24.3 Å². The van der Waals surface area contributed by atoms with Crippen molar-refractivity contribution >= 4 is 16.0 Å². The van der Waals surface area contributed by atoms with Crippen LogP contribution in [0.4, 0.5) is 0 Å². The van der Waals surface area contributed by atoms with Crippen LogP contribution in [0.1, 0.15) is 88.9 Å². The number of carbonyl (C=O) groups is 1. The summed E-state index contributed by atoms with van der Waals surface area (Å²) in [4.78, 5) is 12.4. The van der Waals surface area contributed by atoms with Gasteiger partial charge in [0.05, 0.1) is 11.0 Å². The van der Waals surface area contributed by atoms with Crippen LogP contribution >= 0.6 is 0 Å². The lowest BCUT2D eigenvalue weighted by Gasteiger charge is -2.30. The number of rotatable bonds is 17. The Morgan fingerprint density at radius 1 is 0.886 bits per heavy atom. The van der Waals surface area contributed by atoms with E-state index < -0.39 is 28.1 Å². The van der Waals surface area contributed by atoms with Gasteiger partial charge in [-0.1, -0.05) is 107 Å². The maximum atomic E-state index is 13.1. The van der Waals surface area contributed by atoms with E-state index in [0.29, 0.717) is 5.56 Å². The quantitative estimate of drug-likeness (QED) is 0.244. The van der Waals surface area contributed by atoms with E-state index in [1.165, 1.54) is 37.8 Å². The van der Waals surface area contributed by atoms with Crippen molar-refractivity contribution in [3.63, 3.8) is 0 Å². The first-order valence-corrected chi connectivity index (χ1v) is 14.3. The molecule has 0 saturated heterocycles. The third kappa shape index (κ3) is 9.74. The van der Waals surface area contributed by atoms with Crippen molar-refractivity contribution in [1.82, 2.24) is 4.72 Å². The van der Waals surface area contributed by atoms with Gasteiger partial charge < -0.3 is 9.84 Å². The molecule has 0 saturated carbocycles. The van der Waals surface area contributed by atoms with Gasteiger partial charge in [-0.15, -0.1) is 0 Å². The summed E-state index contributed by atoms with van der Waals surface area (Å²) in [5.41, 5.74) is 1.55. The number of hydrogen-bond donors (Lipinski definition) is 2. The number of carboxylic acid groups (broad SMARTS) is 1. The minimum atomic E-state index is -4.06. The normalized spacial score (nSPS) is 14.4. The highest BCUT2D eigenvalue weighted by atomic mass is 32.2. The molecule has 0 bridgehead atoms. The van der Waals surface area contributed by atoms with Crippen molar-refractivity contribution in [3.8, 4) is 0 Å². The molecule has 0 aliphatic carbocycles. The highest BCUT2D eigenvalue weighted by Crippen LogP contribution is 2.28. The van der Waals surface area contributed by atoms with E-state index in [0.717, 1.165) is 37.7 Å². The van der Waals surface area contributed by atoms with Crippen molar-refractivity contribution in [2.24, 2.45) is 0 Å². The smallest absolute Gasteiger partial charge is 0.324 e. The highest BCUT2D eigenvalue weighted by molar-refractivity contribution is 7.89. The van der Waals surface area contributed by atoms with Crippen LogP contribution in [0.3, 0.4) is 0 Å². The topological polar surface area (TPSA) is 92.7 Å². The first-order chi connectivity index (χ1) is 16.8. The van der Waals surface area contributed by atoms with Crippen molar-refractivity contribution in [3.05, 3.63) is 65.7 Å². The Labute approximate surface area is 211 Å². The summed E-state index contributed by atoms with van der Waals surface area (Å²) in [5.74, 6) is -1.27. The van der Waals surface area contributed by atoms with Crippen LogP contribution in [0.25, 0.3) is 0 Å². The largest absolute Gasteiger partial charge is 0.480 e. The highest BCUT2D eigenvalue weighted by Gasteiger charge is 2.36. The van der Waals surface area contributed by atoms with Gasteiger partial charge in [-0.05, 0) is 37.5 Å². The zero-order valence-electron chi connectivity index (χ0n) is 21.3. The van der Waals surface area contributed by atoms with Gasteiger partial charge >= 0.3 is 5.97 Å². The van der Waals surface area contributed by atoms with Gasteiger partial charge in [0.15, 0.2) is 0 Å². The molecule has 2 aromatic carbocycles. The molecule has 0 radical (unpaired) electrons. The Balaban J connectivity index is 2.25. The number of aliphatic carboxylic acids is 1. The number of sulfonamides is 1. The lowest BCUT2D eigenvalue weighted by atomic mass is 10.0. The SMILES string of the molecule is CCCCCCCCC(CCC)OC(c1ccccc1)C(NS(=O)(=O)c1ccc(C)cc1)C(=O)O. The zero-order chi connectivity index (χ0) is 25.7. The Morgan fingerprint density at radius 2 is 1.51 bits per heavy atom. The first-order valence-electron chi connectivity index (χ1n) is 12.8. The molecule has 35 heavy (non-hydrogen) atoms. The summed E-state index contributed by atoms with van der Waals surface area (Å²) in [6.45, 7) is 6.13. The maximum absolute atomic E-state index is 13.1. The van der Waals surface area contributed by atoms with Crippen molar-refractivity contribution in [1.29, 1.82) is 0 Å². The summed E-state index contributed by atoms with van der Waals surface area (Å²) in [6.07, 6.45) is 8.37. The molecule has 6 nitrogen and oxygen atoms in total. The van der Waals surface area contributed by atoms with Crippen LogP contribution < -0.4 is 4.72 Å². The van der Waals surface area contributed by atoms with E-state index in [2.05, 4.69) is 18.6 Å². The van der Waals surface area contributed by atoms with Gasteiger partial charge in [-0.3, -0.25) is 4.79 Å². The van der Waals surface area contributed by atoms with Crippen molar-refractivity contribution < 1.29 is 23.1 Å². The monoisotopic (exact) mass is 503 g/mol. The molecule has 7 heteroatoms. The Bertz CT molecular complexity index is 976. The average Bonchev–Trinajstić information content (AvgIpc) is 2.84. The summed E-state index contributed by atoms with van der Waals surface area (Å²) in [5, 5.41) is 10.1. The Hall–Kier alpha value is -2.22. The van der Waals surface area contributed by atoms with Gasteiger partial charge in [0.25, 0.3) is 0 Å². The van der Waals surface area contributed by atoms with E-state index in [-0.39, 0.29) is 11.0 Å². The molecule has 2 aromatic rings. The molecular weight excluding hydrogens is 462 g/mol. The van der Waals surface area contributed by atoms with Crippen LogP contribution in [-0.4, -0.2) is 31.6 Å². The fourth-order valence-electron chi connectivity index (χ4n) is 4.15. The standard InChI is InChI=1S/C28H41NO5S/c1-4-6-7-8-9-13-17-24(14-5-2)34-27(23-15-11-10-12-16-23)26(28(30)31)29-35(32,33)25-20-18-22(3)19-21-25/h10-12,15-16,18-21,24,26-27,29H,4-9,13-14,17H2,1-3H3,(H,30,31). The predicted octanol–water partition coefficient (Wildman–Crippen LogP) is 6.40. The lowest BCUT2D eigenvalue weighted by molar-refractivity contribution is -0.145. The maximum Gasteiger partial charge on any atom is 0.324 e. The summed E-state index contributed by atoms with van der Waals surface area (Å²) >= 11 is 0. The van der Waals surface area contributed by atoms with E-state index in [4.69, 9.17) is 4.74 Å². The molecule has 3 unspecified atom stereocenters. The summed E-state index contributed by atoms with van der Waals surface area (Å²) in [7, 11) is -4.06. The Morgan fingerprint density at radius 3 is 2.11 bits per heavy atom. The van der Waals surface area contributed by atoms with Crippen molar-refractivity contribution in [2.45, 2.75) is 102 Å². The summed E-state index contributed by atoms with van der Waals surface area (Å²) < 4.78 is 35.0. The second-order valence-electron chi connectivity index (χ2n) is 9.18. The summed E-state index contributed by atoms with van der Waals surface area (Å²) in [6, 6.07) is 13.9. The first kappa shape index (κ1) is 29.0. The fourth-order valence-corrected chi connectivity index (χ4v) is 5.34. The van der Waals surface area contributed by atoms with Gasteiger partial charge in [-0.25, -0.2) is 8.42 Å². The molecule has 3 atom stereocenters. The van der Waals surface area contributed by atoms with Crippen LogP contribution in [-0.2, 0) is 19.6 Å². The van der Waals surface area contributed by atoms with Crippen LogP contribution in [0, 0.1) is 6.92 Å². The molecular formula is C28H41NO5S. The number of carboxylic acids is 1. The fraction of sp³-hybridized carbons (Fsp3) is 0.536. The molecule has 2 N–H and O–H groups in total. The third-order valence-corrected chi connectivity index (χ3v) is 7.60. The minimum Gasteiger partial charge on any atom is -0.480 e. The van der Waals surface area contributed by atoms with Gasteiger partial charge in [0, 0.05) is 0 Å². The van der Waals surface area contributed by atoms with Crippen molar-refractivity contribution in [2.75, 3.05) is 0 Å². The number of unbranched alkanes of at least 4 members (excludes halogenated alkanes) is 5.